The molecule has 3 aromatic rings. The van der Waals surface area contributed by atoms with Crippen LogP contribution in [-0.2, 0) is 9.59 Å². The first kappa shape index (κ1) is 19.5. The summed E-state index contributed by atoms with van der Waals surface area (Å²) in [6.45, 7) is 4.18. The summed E-state index contributed by atoms with van der Waals surface area (Å²) in [6.07, 6.45) is 6.27. The quantitative estimate of drug-likeness (QED) is 0.403. The van der Waals surface area contributed by atoms with Gasteiger partial charge in [0.15, 0.2) is 0 Å². The molecule has 3 heterocycles. The van der Waals surface area contributed by atoms with E-state index in [4.69, 9.17) is 0 Å². The zero-order chi connectivity index (χ0) is 21.3. The second kappa shape index (κ2) is 7.91. The number of pyridine rings is 2. The summed E-state index contributed by atoms with van der Waals surface area (Å²) < 4.78 is 0. The topological polar surface area (TPSA) is 83.4 Å². The molecule has 6 heteroatoms. The second-order valence-electron chi connectivity index (χ2n) is 7.44. The van der Waals surface area contributed by atoms with Crippen LogP contribution in [-0.4, -0.2) is 26.8 Å². The maximum atomic E-state index is 13.1. The molecule has 1 aliphatic rings. The van der Waals surface area contributed by atoms with Crippen LogP contribution in [0.5, 0.6) is 0 Å². The molecule has 0 aliphatic carbocycles. The Morgan fingerprint density at radius 3 is 2.27 bits per heavy atom. The van der Waals surface area contributed by atoms with E-state index in [1.165, 1.54) is 17.3 Å². The second-order valence-corrected chi connectivity index (χ2v) is 7.44. The Morgan fingerprint density at radius 1 is 0.967 bits per heavy atom. The summed E-state index contributed by atoms with van der Waals surface area (Å²) in [4.78, 5) is 35.6. The predicted octanol–water partition coefficient (Wildman–Crippen LogP) is 4.23. The van der Waals surface area contributed by atoms with Crippen molar-refractivity contribution in [3.63, 3.8) is 0 Å². The number of amides is 1. The lowest BCUT2D eigenvalue weighted by atomic mass is 9.96. The number of rotatable bonds is 4. The van der Waals surface area contributed by atoms with E-state index < -0.39 is 17.7 Å². The molecular weight excluding hydrogens is 378 g/mol. The lowest BCUT2D eigenvalue weighted by molar-refractivity contribution is -0.132. The third-order valence-electron chi connectivity index (χ3n) is 5.24. The summed E-state index contributed by atoms with van der Waals surface area (Å²) in [5, 5.41) is 11.0. The average molecular weight is 399 g/mol. The van der Waals surface area contributed by atoms with Crippen molar-refractivity contribution >= 4 is 23.1 Å². The number of aromatic nitrogens is 2. The van der Waals surface area contributed by atoms with Crippen molar-refractivity contribution in [3.05, 3.63) is 95.6 Å². The molecule has 1 saturated heterocycles. The lowest BCUT2D eigenvalue weighted by Gasteiger charge is -2.25. The van der Waals surface area contributed by atoms with Gasteiger partial charge in [-0.25, -0.2) is 0 Å². The fourth-order valence-corrected chi connectivity index (χ4v) is 3.64. The molecule has 1 unspecified atom stereocenters. The van der Waals surface area contributed by atoms with Crippen molar-refractivity contribution < 1.29 is 14.7 Å². The molecule has 6 nitrogen and oxygen atoms in total. The van der Waals surface area contributed by atoms with E-state index in [1.807, 2.05) is 24.3 Å². The number of aliphatic hydroxyl groups is 1. The molecular formula is C24H21N3O3. The van der Waals surface area contributed by atoms with Crippen molar-refractivity contribution in [1.29, 1.82) is 0 Å². The number of aliphatic hydroxyl groups excluding tert-OH is 1. The molecule has 1 aliphatic heterocycles. The smallest absolute Gasteiger partial charge is 0.300 e. The van der Waals surface area contributed by atoms with Gasteiger partial charge in [0.25, 0.3) is 11.7 Å². The number of carbonyl (C=O) groups is 2. The fourth-order valence-electron chi connectivity index (χ4n) is 3.64. The highest BCUT2D eigenvalue weighted by Gasteiger charge is 2.47. The number of Topliss-reactive ketones (excluding diaryl/α,β-unsaturated/α-hetero) is 1. The third-order valence-corrected chi connectivity index (χ3v) is 5.24. The molecule has 1 aromatic carbocycles. The first-order chi connectivity index (χ1) is 14.5. The van der Waals surface area contributed by atoms with Crippen LogP contribution in [0.25, 0.3) is 5.76 Å². The van der Waals surface area contributed by atoms with Crippen molar-refractivity contribution in [2.75, 3.05) is 4.90 Å². The number of carbonyl (C=O) groups excluding carboxylic acids is 2. The molecule has 0 spiro atoms. The Bertz CT molecular complexity index is 1110. The molecule has 1 N–H and O–H groups in total. The van der Waals surface area contributed by atoms with E-state index in [0.29, 0.717) is 22.7 Å². The summed E-state index contributed by atoms with van der Waals surface area (Å²) in [5.41, 5.74) is 2.81. The van der Waals surface area contributed by atoms with Gasteiger partial charge in [0, 0.05) is 36.0 Å². The SMILES string of the molecule is CC(C)c1ccc(N2C(=O)C(=O)/C(=C(/O)c3ccncc3)C2c2cccnc2)cc1. The highest BCUT2D eigenvalue weighted by molar-refractivity contribution is 6.51. The molecule has 1 amide bonds. The number of hydrogen-bond acceptors (Lipinski definition) is 5. The minimum absolute atomic E-state index is 0.0344. The zero-order valence-corrected chi connectivity index (χ0v) is 16.7. The van der Waals surface area contributed by atoms with Crippen molar-refractivity contribution in [3.8, 4) is 0 Å². The van der Waals surface area contributed by atoms with E-state index in [9.17, 15) is 14.7 Å². The van der Waals surface area contributed by atoms with E-state index in [2.05, 4.69) is 23.8 Å². The summed E-state index contributed by atoms with van der Waals surface area (Å²) in [6, 6.07) is 13.5. The Morgan fingerprint density at radius 2 is 1.67 bits per heavy atom. The lowest BCUT2D eigenvalue weighted by Crippen LogP contribution is -2.29. The maximum Gasteiger partial charge on any atom is 0.300 e. The maximum absolute atomic E-state index is 13.1. The number of nitrogens with zero attached hydrogens (tertiary/aromatic N) is 3. The Kier molecular flexibility index (Phi) is 5.14. The fraction of sp³-hybridized carbons (Fsp3) is 0.167. The number of ketones is 1. The molecule has 0 bridgehead atoms. The highest BCUT2D eigenvalue weighted by Crippen LogP contribution is 2.42. The van der Waals surface area contributed by atoms with Crippen LogP contribution < -0.4 is 4.90 Å². The number of anilines is 1. The molecule has 0 radical (unpaired) electrons. The van der Waals surface area contributed by atoms with Crippen LogP contribution in [0.2, 0.25) is 0 Å². The normalized spacial score (nSPS) is 18.2. The molecule has 30 heavy (non-hydrogen) atoms. The summed E-state index contributed by atoms with van der Waals surface area (Å²) >= 11 is 0. The van der Waals surface area contributed by atoms with Crippen LogP contribution in [0.15, 0.2) is 78.9 Å². The van der Waals surface area contributed by atoms with Gasteiger partial charge in [0.1, 0.15) is 5.76 Å². The van der Waals surface area contributed by atoms with Crippen LogP contribution in [0.3, 0.4) is 0 Å². The van der Waals surface area contributed by atoms with Gasteiger partial charge in [-0.2, -0.15) is 0 Å². The monoisotopic (exact) mass is 399 g/mol. The van der Waals surface area contributed by atoms with Crippen molar-refractivity contribution in [2.45, 2.75) is 25.8 Å². The largest absolute Gasteiger partial charge is 0.507 e. The molecule has 1 fully saturated rings. The molecule has 2 aromatic heterocycles. The van der Waals surface area contributed by atoms with Gasteiger partial charge >= 0.3 is 0 Å². The van der Waals surface area contributed by atoms with Crippen molar-refractivity contribution in [2.24, 2.45) is 0 Å². The first-order valence-electron chi connectivity index (χ1n) is 9.70. The van der Waals surface area contributed by atoms with Crippen molar-refractivity contribution in [1.82, 2.24) is 9.97 Å². The van der Waals surface area contributed by atoms with Crippen LogP contribution >= 0.6 is 0 Å². The molecule has 0 saturated carbocycles. The molecule has 150 valence electrons. The van der Waals surface area contributed by atoms with Gasteiger partial charge < -0.3 is 5.11 Å². The van der Waals surface area contributed by atoms with Gasteiger partial charge in [-0.1, -0.05) is 32.0 Å². The molecule has 1 atom stereocenters. The van der Waals surface area contributed by atoms with Crippen LogP contribution in [0.1, 0.15) is 42.5 Å². The molecule has 4 rings (SSSR count). The van der Waals surface area contributed by atoms with E-state index in [0.717, 1.165) is 5.56 Å². The highest BCUT2D eigenvalue weighted by atomic mass is 16.3. The van der Waals surface area contributed by atoms with Gasteiger partial charge in [0.05, 0.1) is 11.6 Å². The number of benzene rings is 1. The zero-order valence-electron chi connectivity index (χ0n) is 16.7. The first-order valence-corrected chi connectivity index (χ1v) is 9.70. The number of hydrogen-bond donors (Lipinski definition) is 1. The van der Waals surface area contributed by atoms with Crippen LogP contribution in [0, 0.1) is 0 Å². The minimum Gasteiger partial charge on any atom is -0.507 e. The predicted molar refractivity (Wildman–Crippen MR) is 114 cm³/mol. The van der Waals surface area contributed by atoms with Gasteiger partial charge in [-0.05, 0) is 47.4 Å². The summed E-state index contributed by atoms with van der Waals surface area (Å²) in [7, 11) is 0. The van der Waals surface area contributed by atoms with E-state index in [1.54, 1.807) is 36.7 Å². The third kappa shape index (κ3) is 3.37. The van der Waals surface area contributed by atoms with Gasteiger partial charge in [0.2, 0.25) is 0 Å². The minimum atomic E-state index is -0.781. The Hall–Kier alpha value is -3.80. The van der Waals surface area contributed by atoms with Gasteiger partial charge in [-0.15, -0.1) is 0 Å². The van der Waals surface area contributed by atoms with Crippen LogP contribution in [0.4, 0.5) is 5.69 Å². The Balaban J connectivity index is 1.90. The Labute approximate surface area is 174 Å². The van der Waals surface area contributed by atoms with E-state index >= 15 is 0 Å². The average Bonchev–Trinajstić information content (AvgIpc) is 3.05. The standard InChI is InChI=1S/C24H21N3O3/c1-15(2)16-5-7-19(8-6-16)27-21(18-4-3-11-26-14-18)20(23(29)24(27)30)22(28)17-9-12-25-13-10-17/h3-15,21,28H,1-2H3/b22-20+. The van der Waals surface area contributed by atoms with Gasteiger partial charge in [-0.3, -0.25) is 24.5 Å². The van der Waals surface area contributed by atoms with E-state index in [-0.39, 0.29) is 11.3 Å². The summed E-state index contributed by atoms with van der Waals surface area (Å²) in [5.74, 6) is -1.30.